The molecule has 0 spiro atoms. The molecule has 5 nitrogen and oxygen atoms in total. The van der Waals surface area contributed by atoms with Crippen LogP contribution in [0.1, 0.15) is 40.5 Å². The van der Waals surface area contributed by atoms with E-state index < -0.39 is 0 Å². The summed E-state index contributed by atoms with van der Waals surface area (Å²) in [4.78, 5) is 14.4. The minimum atomic E-state index is -0.148. The van der Waals surface area contributed by atoms with E-state index in [0.29, 0.717) is 6.04 Å². The van der Waals surface area contributed by atoms with Gasteiger partial charge in [0.05, 0.1) is 19.3 Å². The van der Waals surface area contributed by atoms with Crippen LogP contribution in [0.4, 0.5) is 0 Å². The van der Waals surface area contributed by atoms with Gasteiger partial charge in [-0.2, -0.15) is 0 Å². The van der Waals surface area contributed by atoms with E-state index in [1.807, 2.05) is 6.92 Å². The first-order valence-corrected chi connectivity index (χ1v) is 7.89. The third-order valence-electron chi connectivity index (χ3n) is 3.67. The smallest absolute Gasteiger partial charge is 0.237 e. The summed E-state index contributed by atoms with van der Waals surface area (Å²) in [7, 11) is 0. The first-order valence-electron chi connectivity index (χ1n) is 7.89. The predicted molar refractivity (Wildman–Crippen MR) is 81.8 cm³/mol. The minimum Gasteiger partial charge on any atom is -0.379 e. The number of hydrogen-bond acceptors (Lipinski definition) is 4. The van der Waals surface area contributed by atoms with Crippen LogP contribution in [-0.2, 0) is 9.53 Å². The molecule has 1 aliphatic rings. The number of nitrogens with zero attached hydrogens (tertiary/aromatic N) is 1. The van der Waals surface area contributed by atoms with E-state index in [1.165, 1.54) is 0 Å². The zero-order valence-corrected chi connectivity index (χ0v) is 13.4. The van der Waals surface area contributed by atoms with E-state index in [1.54, 1.807) is 0 Å². The van der Waals surface area contributed by atoms with Crippen molar-refractivity contribution in [2.45, 2.75) is 58.7 Å². The standard InChI is InChI=1S/C15H31N3O2/c1-5-6-12(2)17-15(19)14(4)16-13(3)11-18-7-9-20-10-8-18/h12-14,16H,5-11H2,1-4H3,(H,17,19). The topological polar surface area (TPSA) is 53.6 Å². The molecule has 0 radical (unpaired) electrons. The molecule has 0 saturated carbocycles. The monoisotopic (exact) mass is 285 g/mol. The summed E-state index contributed by atoms with van der Waals surface area (Å²) in [5, 5.41) is 6.43. The van der Waals surface area contributed by atoms with Crippen LogP contribution in [0.5, 0.6) is 0 Å². The lowest BCUT2D eigenvalue weighted by molar-refractivity contribution is -0.123. The molecule has 0 bridgehead atoms. The Balaban J connectivity index is 2.25. The SMILES string of the molecule is CCCC(C)NC(=O)C(C)NC(C)CN1CCOCC1. The lowest BCUT2D eigenvalue weighted by Crippen LogP contribution is -2.51. The highest BCUT2D eigenvalue weighted by molar-refractivity contribution is 5.81. The molecule has 1 fully saturated rings. The zero-order valence-electron chi connectivity index (χ0n) is 13.4. The van der Waals surface area contributed by atoms with E-state index >= 15 is 0 Å². The summed E-state index contributed by atoms with van der Waals surface area (Å²) < 4.78 is 5.34. The Bertz CT molecular complexity index is 280. The van der Waals surface area contributed by atoms with Crippen LogP contribution in [0.15, 0.2) is 0 Å². The molecule has 1 aliphatic heterocycles. The Morgan fingerprint density at radius 1 is 1.20 bits per heavy atom. The highest BCUT2D eigenvalue weighted by atomic mass is 16.5. The maximum atomic E-state index is 12.0. The molecule has 1 saturated heterocycles. The van der Waals surface area contributed by atoms with Crippen molar-refractivity contribution in [2.24, 2.45) is 0 Å². The molecule has 20 heavy (non-hydrogen) atoms. The van der Waals surface area contributed by atoms with Gasteiger partial charge < -0.3 is 15.4 Å². The number of carbonyl (C=O) groups excluding carboxylic acids is 1. The van der Waals surface area contributed by atoms with E-state index in [9.17, 15) is 4.79 Å². The molecule has 3 unspecified atom stereocenters. The Morgan fingerprint density at radius 3 is 2.45 bits per heavy atom. The van der Waals surface area contributed by atoms with Crippen LogP contribution < -0.4 is 10.6 Å². The second kappa shape index (κ2) is 9.32. The molecule has 0 aromatic heterocycles. The molecule has 0 aromatic carbocycles. The van der Waals surface area contributed by atoms with Crippen molar-refractivity contribution < 1.29 is 9.53 Å². The number of carbonyl (C=O) groups is 1. The van der Waals surface area contributed by atoms with E-state index in [4.69, 9.17) is 4.74 Å². The molecule has 1 rings (SSSR count). The summed E-state index contributed by atoms with van der Waals surface area (Å²) in [6, 6.07) is 0.409. The van der Waals surface area contributed by atoms with Crippen molar-refractivity contribution in [1.82, 2.24) is 15.5 Å². The van der Waals surface area contributed by atoms with Crippen LogP contribution >= 0.6 is 0 Å². The van der Waals surface area contributed by atoms with Crippen LogP contribution in [0.2, 0.25) is 0 Å². The van der Waals surface area contributed by atoms with Crippen molar-refractivity contribution >= 4 is 5.91 Å². The summed E-state index contributed by atoms with van der Waals surface area (Å²) in [5.41, 5.74) is 0. The average Bonchev–Trinajstić information content (AvgIpc) is 2.39. The van der Waals surface area contributed by atoms with Gasteiger partial charge in [0.15, 0.2) is 0 Å². The van der Waals surface area contributed by atoms with Gasteiger partial charge in [-0.1, -0.05) is 13.3 Å². The third-order valence-corrected chi connectivity index (χ3v) is 3.67. The Labute approximate surface area is 123 Å². The summed E-state index contributed by atoms with van der Waals surface area (Å²) in [5.74, 6) is 0.0970. The molecule has 0 aromatic rings. The molecule has 1 amide bonds. The lowest BCUT2D eigenvalue weighted by atomic mass is 10.1. The van der Waals surface area contributed by atoms with Gasteiger partial charge in [0.1, 0.15) is 0 Å². The van der Waals surface area contributed by atoms with Crippen LogP contribution in [0.3, 0.4) is 0 Å². The highest BCUT2D eigenvalue weighted by Gasteiger charge is 2.19. The zero-order chi connectivity index (χ0) is 15.0. The van der Waals surface area contributed by atoms with Crippen molar-refractivity contribution in [2.75, 3.05) is 32.8 Å². The summed E-state index contributed by atoms with van der Waals surface area (Å²) in [6.07, 6.45) is 2.12. The number of ether oxygens (including phenoxy) is 1. The van der Waals surface area contributed by atoms with E-state index in [2.05, 4.69) is 36.3 Å². The molecule has 3 atom stereocenters. The van der Waals surface area contributed by atoms with Crippen LogP contribution in [0, 0.1) is 0 Å². The fourth-order valence-corrected chi connectivity index (χ4v) is 2.60. The highest BCUT2D eigenvalue weighted by Crippen LogP contribution is 2.00. The summed E-state index contributed by atoms with van der Waals surface area (Å²) >= 11 is 0. The second-order valence-electron chi connectivity index (χ2n) is 5.90. The number of morpholine rings is 1. The van der Waals surface area contributed by atoms with Gasteiger partial charge in [0.25, 0.3) is 0 Å². The van der Waals surface area contributed by atoms with Crippen molar-refractivity contribution in [3.63, 3.8) is 0 Å². The quantitative estimate of drug-likeness (QED) is 0.698. The van der Waals surface area contributed by atoms with Gasteiger partial charge in [0, 0.05) is 31.7 Å². The number of amides is 1. The van der Waals surface area contributed by atoms with Gasteiger partial charge in [-0.3, -0.25) is 9.69 Å². The minimum absolute atomic E-state index is 0.0970. The number of hydrogen-bond donors (Lipinski definition) is 2. The van der Waals surface area contributed by atoms with Crippen LogP contribution in [0.25, 0.3) is 0 Å². The van der Waals surface area contributed by atoms with Gasteiger partial charge in [-0.15, -0.1) is 0 Å². The Kier molecular flexibility index (Phi) is 8.11. The largest absolute Gasteiger partial charge is 0.379 e. The first-order chi connectivity index (χ1) is 9.52. The van der Waals surface area contributed by atoms with Crippen molar-refractivity contribution in [3.05, 3.63) is 0 Å². The lowest BCUT2D eigenvalue weighted by Gasteiger charge is -2.30. The molecule has 5 heteroatoms. The fraction of sp³-hybridized carbons (Fsp3) is 0.933. The molecule has 0 aliphatic carbocycles. The number of rotatable bonds is 8. The van der Waals surface area contributed by atoms with E-state index in [0.717, 1.165) is 45.7 Å². The molecular formula is C15H31N3O2. The normalized spacial score (nSPS) is 21.2. The maximum Gasteiger partial charge on any atom is 0.237 e. The van der Waals surface area contributed by atoms with Gasteiger partial charge in [-0.05, 0) is 27.2 Å². The number of nitrogens with one attached hydrogen (secondary N) is 2. The van der Waals surface area contributed by atoms with Gasteiger partial charge in [0.2, 0.25) is 5.91 Å². The second-order valence-corrected chi connectivity index (χ2v) is 5.90. The Hall–Kier alpha value is -0.650. The molecule has 2 N–H and O–H groups in total. The molecular weight excluding hydrogens is 254 g/mol. The van der Waals surface area contributed by atoms with E-state index in [-0.39, 0.29) is 18.0 Å². The maximum absolute atomic E-state index is 12.0. The molecule has 1 heterocycles. The average molecular weight is 285 g/mol. The third kappa shape index (κ3) is 6.68. The summed E-state index contributed by atoms with van der Waals surface area (Å²) in [6.45, 7) is 12.8. The van der Waals surface area contributed by atoms with Crippen molar-refractivity contribution in [3.8, 4) is 0 Å². The Morgan fingerprint density at radius 2 is 1.85 bits per heavy atom. The van der Waals surface area contributed by atoms with Gasteiger partial charge in [-0.25, -0.2) is 0 Å². The molecule has 118 valence electrons. The predicted octanol–water partition coefficient (Wildman–Crippen LogP) is 0.990. The van der Waals surface area contributed by atoms with Gasteiger partial charge >= 0.3 is 0 Å². The van der Waals surface area contributed by atoms with Crippen molar-refractivity contribution in [1.29, 1.82) is 0 Å². The fourth-order valence-electron chi connectivity index (χ4n) is 2.60. The first kappa shape index (κ1) is 17.4. The van der Waals surface area contributed by atoms with Crippen LogP contribution in [-0.4, -0.2) is 61.8 Å².